The fourth-order valence-electron chi connectivity index (χ4n) is 3.48. The van der Waals surface area contributed by atoms with E-state index in [1.165, 1.54) is 12.1 Å². The molecule has 1 aromatic heterocycles. The molecule has 6 heteroatoms. The summed E-state index contributed by atoms with van der Waals surface area (Å²) in [5, 5.41) is 3.10. The van der Waals surface area contributed by atoms with Crippen LogP contribution in [-0.4, -0.2) is 34.8 Å². The lowest BCUT2D eigenvalue weighted by atomic mass is 9.94. The molecule has 1 aliphatic rings. The Morgan fingerprint density at radius 2 is 1.85 bits per heavy atom. The second-order valence-electron chi connectivity index (χ2n) is 6.98. The number of hydrogen-bond donors (Lipinski definition) is 1. The third kappa shape index (κ3) is 4.51. The van der Waals surface area contributed by atoms with Gasteiger partial charge < -0.3 is 10.2 Å². The average Bonchev–Trinajstić information content (AvgIpc) is 2.67. The van der Waals surface area contributed by atoms with Gasteiger partial charge in [-0.05, 0) is 49.1 Å². The zero-order valence-corrected chi connectivity index (χ0v) is 15.6. The van der Waals surface area contributed by atoms with Crippen LogP contribution < -0.4 is 5.32 Å². The topological polar surface area (TPSA) is 62.3 Å². The van der Waals surface area contributed by atoms with Crippen LogP contribution in [0.1, 0.15) is 42.6 Å². The third-order valence-corrected chi connectivity index (χ3v) is 5.12. The number of rotatable bonds is 4. The average molecular weight is 369 g/mol. The highest BCUT2D eigenvalue weighted by Crippen LogP contribution is 2.25. The molecule has 1 N–H and O–H groups in total. The highest BCUT2D eigenvalue weighted by atomic mass is 19.1. The molecule has 1 fully saturated rings. The van der Waals surface area contributed by atoms with Crippen molar-refractivity contribution in [2.24, 2.45) is 5.92 Å². The number of piperidine rings is 1. The predicted octanol–water partition coefficient (Wildman–Crippen LogP) is 2.99. The van der Waals surface area contributed by atoms with Gasteiger partial charge in [-0.25, -0.2) is 4.39 Å². The fourth-order valence-corrected chi connectivity index (χ4v) is 3.48. The summed E-state index contributed by atoms with van der Waals surface area (Å²) < 4.78 is 13.4. The minimum Gasteiger partial charge on any atom is -0.343 e. The van der Waals surface area contributed by atoms with E-state index in [0.29, 0.717) is 25.9 Å². The Kier molecular flexibility index (Phi) is 5.84. The van der Waals surface area contributed by atoms with E-state index >= 15 is 0 Å². The van der Waals surface area contributed by atoms with E-state index in [-0.39, 0.29) is 23.5 Å². The Bertz CT molecular complexity index is 814. The van der Waals surface area contributed by atoms with E-state index in [1.807, 2.05) is 19.1 Å². The van der Waals surface area contributed by atoms with Gasteiger partial charge in [-0.2, -0.15) is 0 Å². The highest BCUT2D eigenvalue weighted by molar-refractivity contribution is 5.80. The van der Waals surface area contributed by atoms with Gasteiger partial charge in [0.05, 0.1) is 11.7 Å². The molecule has 0 bridgehead atoms. The van der Waals surface area contributed by atoms with Crippen molar-refractivity contribution in [2.45, 2.75) is 32.7 Å². The van der Waals surface area contributed by atoms with Gasteiger partial charge in [-0.15, -0.1) is 0 Å². The predicted molar refractivity (Wildman–Crippen MR) is 100 cm³/mol. The van der Waals surface area contributed by atoms with Gasteiger partial charge in [-0.3, -0.25) is 14.6 Å². The molecule has 2 heterocycles. The SMILES string of the molecule is CC(=O)N1CCC(C(=O)NC(c2ccc(F)cc2)c2ncccc2C)CC1. The van der Waals surface area contributed by atoms with Crippen molar-refractivity contribution >= 4 is 11.8 Å². The summed E-state index contributed by atoms with van der Waals surface area (Å²) in [5.74, 6) is -0.481. The van der Waals surface area contributed by atoms with Crippen LogP contribution in [-0.2, 0) is 9.59 Å². The van der Waals surface area contributed by atoms with E-state index in [4.69, 9.17) is 0 Å². The first kappa shape index (κ1) is 19.0. The Balaban J connectivity index is 1.80. The Morgan fingerprint density at radius 1 is 1.19 bits per heavy atom. The van der Waals surface area contributed by atoms with Crippen LogP contribution in [0.15, 0.2) is 42.6 Å². The molecule has 1 unspecified atom stereocenters. The zero-order valence-electron chi connectivity index (χ0n) is 15.6. The highest BCUT2D eigenvalue weighted by Gasteiger charge is 2.29. The number of hydrogen-bond acceptors (Lipinski definition) is 3. The van der Waals surface area contributed by atoms with Crippen LogP contribution in [0, 0.1) is 18.7 Å². The maximum atomic E-state index is 13.4. The van der Waals surface area contributed by atoms with E-state index < -0.39 is 6.04 Å². The number of benzene rings is 1. The summed E-state index contributed by atoms with van der Waals surface area (Å²) in [5.41, 5.74) is 2.49. The zero-order chi connectivity index (χ0) is 19.4. The van der Waals surface area contributed by atoms with Crippen LogP contribution in [0.25, 0.3) is 0 Å². The van der Waals surface area contributed by atoms with Crippen molar-refractivity contribution in [3.05, 3.63) is 65.2 Å². The molecule has 5 nitrogen and oxygen atoms in total. The first-order valence-electron chi connectivity index (χ1n) is 9.18. The number of aryl methyl sites for hydroxylation is 1. The van der Waals surface area contributed by atoms with E-state index in [0.717, 1.165) is 16.8 Å². The van der Waals surface area contributed by atoms with E-state index in [9.17, 15) is 14.0 Å². The number of likely N-dealkylation sites (tertiary alicyclic amines) is 1. The number of carbonyl (C=O) groups excluding carboxylic acids is 2. The lowest BCUT2D eigenvalue weighted by Gasteiger charge is -2.31. The van der Waals surface area contributed by atoms with Crippen molar-refractivity contribution in [3.63, 3.8) is 0 Å². The Labute approximate surface area is 158 Å². The smallest absolute Gasteiger partial charge is 0.224 e. The molecular weight excluding hydrogens is 345 g/mol. The molecule has 2 aromatic rings. The van der Waals surface area contributed by atoms with Gasteiger partial charge in [0, 0.05) is 32.1 Å². The number of amides is 2. The fraction of sp³-hybridized carbons (Fsp3) is 0.381. The Morgan fingerprint density at radius 3 is 2.44 bits per heavy atom. The number of nitrogens with zero attached hydrogens (tertiary/aromatic N) is 2. The van der Waals surface area contributed by atoms with Crippen LogP contribution in [0.4, 0.5) is 4.39 Å². The van der Waals surface area contributed by atoms with Gasteiger partial charge >= 0.3 is 0 Å². The minimum absolute atomic E-state index is 0.0437. The third-order valence-electron chi connectivity index (χ3n) is 5.12. The van der Waals surface area contributed by atoms with Gasteiger partial charge in [0.25, 0.3) is 0 Å². The molecule has 0 spiro atoms. The first-order valence-corrected chi connectivity index (χ1v) is 9.18. The minimum atomic E-state index is -0.440. The molecule has 2 amide bonds. The summed E-state index contributed by atoms with van der Waals surface area (Å²) in [6.45, 7) is 4.68. The summed E-state index contributed by atoms with van der Waals surface area (Å²) in [6, 6.07) is 9.47. The van der Waals surface area contributed by atoms with Crippen LogP contribution in [0.2, 0.25) is 0 Å². The lowest BCUT2D eigenvalue weighted by molar-refractivity contribution is -0.134. The van der Waals surface area contributed by atoms with Crippen molar-refractivity contribution in [2.75, 3.05) is 13.1 Å². The molecule has 1 atom stereocenters. The van der Waals surface area contributed by atoms with Crippen LogP contribution >= 0.6 is 0 Å². The van der Waals surface area contributed by atoms with E-state index in [1.54, 1.807) is 30.2 Å². The van der Waals surface area contributed by atoms with Gasteiger partial charge in [0.2, 0.25) is 11.8 Å². The summed E-state index contributed by atoms with van der Waals surface area (Å²) in [4.78, 5) is 30.6. The lowest BCUT2D eigenvalue weighted by Crippen LogP contribution is -2.43. The maximum Gasteiger partial charge on any atom is 0.224 e. The molecule has 3 rings (SSSR count). The first-order chi connectivity index (χ1) is 13.0. The largest absolute Gasteiger partial charge is 0.343 e. The van der Waals surface area contributed by atoms with Gasteiger partial charge in [0.1, 0.15) is 5.82 Å². The number of aromatic nitrogens is 1. The number of carbonyl (C=O) groups is 2. The summed E-state index contributed by atoms with van der Waals surface area (Å²) >= 11 is 0. The number of halogens is 1. The standard InChI is InChI=1S/C21H24FN3O2/c1-14-4-3-11-23-19(14)20(16-5-7-18(22)8-6-16)24-21(27)17-9-12-25(13-10-17)15(2)26/h3-8,11,17,20H,9-10,12-13H2,1-2H3,(H,24,27). The number of nitrogens with one attached hydrogen (secondary N) is 1. The normalized spacial score (nSPS) is 16.0. The quantitative estimate of drug-likeness (QED) is 0.901. The Hall–Kier alpha value is -2.76. The molecule has 1 saturated heterocycles. The maximum absolute atomic E-state index is 13.4. The van der Waals surface area contributed by atoms with E-state index in [2.05, 4.69) is 10.3 Å². The molecular formula is C21H24FN3O2. The molecule has 1 aliphatic heterocycles. The number of pyridine rings is 1. The second-order valence-corrected chi connectivity index (χ2v) is 6.98. The molecule has 27 heavy (non-hydrogen) atoms. The van der Waals surface area contributed by atoms with Crippen molar-refractivity contribution in [1.29, 1.82) is 0 Å². The van der Waals surface area contributed by atoms with Crippen molar-refractivity contribution in [1.82, 2.24) is 15.2 Å². The summed E-state index contributed by atoms with van der Waals surface area (Å²) in [6.07, 6.45) is 2.97. The molecule has 142 valence electrons. The monoisotopic (exact) mass is 369 g/mol. The van der Waals surface area contributed by atoms with Crippen molar-refractivity contribution in [3.8, 4) is 0 Å². The van der Waals surface area contributed by atoms with Gasteiger partial charge in [0.15, 0.2) is 0 Å². The van der Waals surface area contributed by atoms with Crippen LogP contribution in [0.5, 0.6) is 0 Å². The van der Waals surface area contributed by atoms with Crippen LogP contribution in [0.3, 0.4) is 0 Å². The summed E-state index contributed by atoms with van der Waals surface area (Å²) in [7, 11) is 0. The molecule has 0 aliphatic carbocycles. The molecule has 1 aromatic carbocycles. The molecule has 0 radical (unpaired) electrons. The van der Waals surface area contributed by atoms with Gasteiger partial charge in [-0.1, -0.05) is 18.2 Å². The second kappa shape index (κ2) is 8.29. The van der Waals surface area contributed by atoms with Crippen molar-refractivity contribution < 1.29 is 14.0 Å². The molecule has 0 saturated carbocycles.